The zero-order chi connectivity index (χ0) is 12.3. The van der Waals surface area contributed by atoms with E-state index in [1.54, 1.807) is 6.20 Å². The van der Waals surface area contributed by atoms with Gasteiger partial charge in [0, 0.05) is 5.56 Å². The Morgan fingerprint density at radius 1 is 1.29 bits per heavy atom. The topological polar surface area (TPSA) is 55.0 Å². The first-order valence-corrected chi connectivity index (χ1v) is 5.46. The van der Waals surface area contributed by atoms with Gasteiger partial charge in [0.1, 0.15) is 5.75 Å². The summed E-state index contributed by atoms with van der Waals surface area (Å²) in [5, 5.41) is 0. The van der Waals surface area contributed by atoms with Crippen LogP contribution in [0.3, 0.4) is 0 Å². The van der Waals surface area contributed by atoms with Crippen LogP contribution in [-0.4, -0.2) is 16.1 Å². The zero-order valence-electron chi connectivity index (χ0n) is 9.81. The van der Waals surface area contributed by atoms with Gasteiger partial charge in [-0.05, 0) is 26.0 Å². The first-order chi connectivity index (χ1) is 8.15. The van der Waals surface area contributed by atoms with Crippen LogP contribution in [0.1, 0.15) is 13.8 Å². The number of aromatic amines is 1. The summed E-state index contributed by atoms with van der Waals surface area (Å²) in [5.74, 6) is 0.780. The number of nitrogens with zero attached hydrogens (tertiary/aromatic N) is 1. The highest BCUT2D eigenvalue weighted by Gasteiger charge is 2.02. The number of hydrogen-bond donors (Lipinski definition) is 1. The summed E-state index contributed by atoms with van der Waals surface area (Å²) < 4.78 is 5.59. The Kier molecular flexibility index (Phi) is 3.23. The quantitative estimate of drug-likeness (QED) is 0.879. The Hall–Kier alpha value is -2.10. The Morgan fingerprint density at radius 2 is 2.12 bits per heavy atom. The number of nitrogens with one attached hydrogen (secondary N) is 1. The molecule has 17 heavy (non-hydrogen) atoms. The Balaban J connectivity index is 2.36. The van der Waals surface area contributed by atoms with Crippen LogP contribution in [0, 0.1) is 0 Å². The molecular weight excluding hydrogens is 216 g/mol. The van der Waals surface area contributed by atoms with E-state index in [2.05, 4.69) is 9.97 Å². The molecule has 0 aliphatic rings. The number of ether oxygens (including phenoxy) is 1. The summed E-state index contributed by atoms with van der Waals surface area (Å²) in [6.45, 7) is 3.94. The maximum absolute atomic E-state index is 11.2. The van der Waals surface area contributed by atoms with E-state index in [1.165, 1.54) is 6.20 Å². The minimum atomic E-state index is -0.210. The molecule has 0 aliphatic heterocycles. The Labute approximate surface area is 99.3 Å². The fourth-order valence-corrected chi connectivity index (χ4v) is 1.53. The van der Waals surface area contributed by atoms with Crippen molar-refractivity contribution in [2.75, 3.05) is 0 Å². The summed E-state index contributed by atoms with van der Waals surface area (Å²) in [6.07, 6.45) is 2.99. The molecule has 1 N–H and O–H groups in total. The number of H-pyrrole nitrogens is 1. The Morgan fingerprint density at radius 3 is 2.82 bits per heavy atom. The van der Waals surface area contributed by atoms with Gasteiger partial charge in [0.25, 0.3) is 5.56 Å². The van der Waals surface area contributed by atoms with Crippen LogP contribution in [0.5, 0.6) is 5.75 Å². The number of rotatable bonds is 3. The van der Waals surface area contributed by atoms with Gasteiger partial charge in [-0.15, -0.1) is 0 Å². The fraction of sp³-hybridized carbons (Fsp3) is 0.231. The van der Waals surface area contributed by atoms with Gasteiger partial charge < -0.3 is 9.72 Å². The number of hydrogen-bond acceptors (Lipinski definition) is 3. The van der Waals surface area contributed by atoms with Crippen molar-refractivity contribution >= 4 is 0 Å². The van der Waals surface area contributed by atoms with Crippen molar-refractivity contribution in [2.24, 2.45) is 0 Å². The molecule has 0 amide bonds. The highest BCUT2D eigenvalue weighted by molar-refractivity contribution is 5.59. The molecule has 0 saturated carbocycles. The maximum atomic E-state index is 11.2. The maximum Gasteiger partial charge on any atom is 0.266 e. The molecule has 0 saturated heterocycles. The van der Waals surface area contributed by atoms with Gasteiger partial charge in [-0.1, -0.05) is 12.1 Å². The molecule has 1 aromatic heterocycles. The first-order valence-electron chi connectivity index (χ1n) is 5.46. The van der Waals surface area contributed by atoms with Crippen molar-refractivity contribution in [3.8, 4) is 17.0 Å². The molecule has 0 fully saturated rings. The average molecular weight is 230 g/mol. The van der Waals surface area contributed by atoms with Crippen molar-refractivity contribution < 1.29 is 4.74 Å². The molecule has 2 aromatic rings. The van der Waals surface area contributed by atoms with Crippen molar-refractivity contribution in [3.63, 3.8) is 0 Å². The molecule has 2 rings (SSSR count). The molecule has 88 valence electrons. The predicted octanol–water partition coefficient (Wildman–Crippen LogP) is 2.22. The lowest BCUT2D eigenvalue weighted by Gasteiger charge is -2.10. The summed E-state index contributed by atoms with van der Waals surface area (Å²) >= 11 is 0. The normalized spacial score (nSPS) is 10.5. The third kappa shape index (κ3) is 2.93. The minimum Gasteiger partial charge on any atom is -0.491 e. The third-order valence-electron chi connectivity index (χ3n) is 2.17. The van der Waals surface area contributed by atoms with Gasteiger partial charge in [-0.3, -0.25) is 9.78 Å². The molecule has 0 unspecified atom stereocenters. The van der Waals surface area contributed by atoms with Crippen molar-refractivity contribution in [2.45, 2.75) is 20.0 Å². The molecule has 0 bridgehead atoms. The summed E-state index contributed by atoms with van der Waals surface area (Å²) in [5.41, 5.74) is 1.36. The van der Waals surface area contributed by atoms with Crippen LogP contribution in [0.4, 0.5) is 0 Å². The summed E-state index contributed by atoms with van der Waals surface area (Å²) in [4.78, 5) is 17.8. The van der Waals surface area contributed by atoms with E-state index in [1.807, 2.05) is 38.1 Å². The lowest BCUT2D eigenvalue weighted by molar-refractivity contribution is 0.242. The summed E-state index contributed by atoms with van der Waals surface area (Å²) in [7, 11) is 0. The van der Waals surface area contributed by atoms with Crippen LogP contribution in [0.15, 0.2) is 41.5 Å². The molecule has 4 heteroatoms. The largest absolute Gasteiger partial charge is 0.491 e. The van der Waals surface area contributed by atoms with Crippen molar-refractivity contribution in [1.82, 2.24) is 9.97 Å². The van der Waals surface area contributed by atoms with Crippen LogP contribution >= 0.6 is 0 Å². The van der Waals surface area contributed by atoms with E-state index >= 15 is 0 Å². The molecule has 0 aliphatic carbocycles. The van der Waals surface area contributed by atoms with Gasteiger partial charge in [0.15, 0.2) is 0 Å². The molecule has 0 radical (unpaired) electrons. The van der Waals surface area contributed by atoms with Crippen LogP contribution in [-0.2, 0) is 0 Å². The van der Waals surface area contributed by atoms with E-state index in [0.29, 0.717) is 5.69 Å². The van der Waals surface area contributed by atoms with Gasteiger partial charge in [0.05, 0.1) is 24.2 Å². The van der Waals surface area contributed by atoms with Crippen LogP contribution in [0.25, 0.3) is 11.3 Å². The molecule has 1 heterocycles. The highest BCUT2D eigenvalue weighted by Crippen LogP contribution is 2.21. The summed E-state index contributed by atoms with van der Waals surface area (Å²) in [6, 6.07) is 7.56. The Bertz CT molecular complexity index is 561. The predicted molar refractivity (Wildman–Crippen MR) is 66.1 cm³/mol. The van der Waals surface area contributed by atoms with E-state index in [9.17, 15) is 4.79 Å². The lowest BCUT2D eigenvalue weighted by atomic mass is 10.1. The standard InChI is InChI=1S/C13H14N2O2/c1-9(2)17-11-5-3-4-10(6-11)12-7-14-8-13(16)15-12/h3-9H,1-2H3,(H,15,16). The van der Waals surface area contributed by atoms with Gasteiger partial charge in [-0.25, -0.2) is 0 Å². The molecule has 1 aromatic carbocycles. The van der Waals surface area contributed by atoms with E-state index in [4.69, 9.17) is 4.74 Å². The van der Waals surface area contributed by atoms with Crippen molar-refractivity contribution in [1.29, 1.82) is 0 Å². The fourth-order valence-electron chi connectivity index (χ4n) is 1.53. The molecular formula is C13H14N2O2. The van der Waals surface area contributed by atoms with E-state index in [-0.39, 0.29) is 11.7 Å². The van der Waals surface area contributed by atoms with E-state index in [0.717, 1.165) is 11.3 Å². The van der Waals surface area contributed by atoms with Gasteiger partial charge in [0.2, 0.25) is 0 Å². The second-order valence-electron chi connectivity index (χ2n) is 4.00. The lowest BCUT2D eigenvalue weighted by Crippen LogP contribution is -2.07. The van der Waals surface area contributed by atoms with Crippen LogP contribution < -0.4 is 10.3 Å². The van der Waals surface area contributed by atoms with Gasteiger partial charge in [-0.2, -0.15) is 0 Å². The van der Waals surface area contributed by atoms with E-state index < -0.39 is 0 Å². The number of benzene rings is 1. The monoisotopic (exact) mass is 230 g/mol. The molecule has 4 nitrogen and oxygen atoms in total. The van der Waals surface area contributed by atoms with Crippen LogP contribution in [0.2, 0.25) is 0 Å². The molecule has 0 spiro atoms. The highest BCUT2D eigenvalue weighted by atomic mass is 16.5. The SMILES string of the molecule is CC(C)Oc1cccc(-c2cncc(=O)[nH]2)c1. The average Bonchev–Trinajstić information content (AvgIpc) is 2.28. The zero-order valence-corrected chi connectivity index (χ0v) is 9.81. The second-order valence-corrected chi connectivity index (χ2v) is 4.00. The minimum absolute atomic E-state index is 0.123. The smallest absolute Gasteiger partial charge is 0.266 e. The van der Waals surface area contributed by atoms with Gasteiger partial charge >= 0.3 is 0 Å². The second kappa shape index (κ2) is 4.82. The molecule has 0 atom stereocenters. The first kappa shape index (κ1) is 11.4. The number of aromatic nitrogens is 2. The third-order valence-corrected chi connectivity index (χ3v) is 2.17. The van der Waals surface area contributed by atoms with Crippen molar-refractivity contribution in [3.05, 3.63) is 47.0 Å².